The van der Waals surface area contributed by atoms with Crippen molar-refractivity contribution in [1.82, 2.24) is 116 Å². The molecule has 21 rings (SSSR count). The minimum absolute atomic E-state index is 0.534. The van der Waals surface area contributed by atoms with Crippen molar-refractivity contribution in [3.63, 3.8) is 0 Å². The zero-order chi connectivity index (χ0) is 85.2. The average molecular weight is 1610 g/mol. The largest absolute Gasteiger partial charge is 0.479 e. The number of amidine groups is 1. The van der Waals surface area contributed by atoms with Gasteiger partial charge in [-0.05, 0) is 139 Å². The molecule has 119 heavy (non-hydrogen) atoms. The lowest BCUT2D eigenvalue weighted by atomic mass is 10.2. The van der Waals surface area contributed by atoms with Crippen LogP contribution in [0.1, 0.15) is 96.3 Å². The SMILES string of the molecule is CC1=NCCO1.CC1=NCN=N1.CC1=NN=NC1.Cc1cccnn1.Cc1ccncn1.Cc1cnccn1.Cc1nc2cccc(C)c2o1.Cc1nc2ccccc2o1.Cc1nc2cccnc2o1.Cc1nc2ccncc2o1.Cc1nc2cnccc2o1.Cc1nc2ncccc2o1.Cc1ncccn1.Cc1ncco1.Cc1nn[nH]n1. The van der Waals surface area contributed by atoms with E-state index in [0.717, 1.165) is 132 Å². The predicted octanol–water partition coefficient (Wildman–Crippen LogP) is 16.4. The Morgan fingerprint density at radius 1 is 0.387 bits per heavy atom. The Bertz CT molecular complexity index is 5210. The van der Waals surface area contributed by atoms with Crippen molar-refractivity contribution >= 4 is 84.3 Å². The van der Waals surface area contributed by atoms with Gasteiger partial charge >= 0.3 is 0 Å². The molecule has 3 aliphatic heterocycles. The van der Waals surface area contributed by atoms with Crippen LogP contribution in [0.5, 0.6) is 0 Å². The normalized spacial score (nSPS) is 11.2. The van der Waals surface area contributed by atoms with Crippen molar-refractivity contribution in [2.24, 2.45) is 35.7 Å². The number of aliphatic imine (C=N–C) groups is 2. The number of hydrogen-bond donors (Lipinski definition) is 1. The van der Waals surface area contributed by atoms with E-state index in [2.05, 4.69) is 151 Å². The molecule has 0 atom stereocenters. The number of hydrogen-bond acceptors (Lipinski definition) is 37. The van der Waals surface area contributed by atoms with E-state index in [1.54, 1.807) is 119 Å². The first kappa shape index (κ1) is 90.7. The molecule has 0 amide bonds. The lowest BCUT2D eigenvalue weighted by molar-refractivity contribution is 0.345. The molecule has 0 bridgehead atoms. The van der Waals surface area contributed by atoms with Crippen LogP contribution in [0, 0.1) is 90.0 Å². The number of rotatable bonds is 0. The number of oxazole rings is 7. The molecular weight excluding hydrogens is 1520 g/mol. The molecule has 0 saturated heterocycles. The monoisotopic (exact) mass is 1610 g/mol. The lowest BCUT2D eigenvalue weighted by Gasteiger charge is -1.89. The topological polar surface area (TPSA) is 487 Å². The number of aromatic nitrogens is 23. The van der Waals surface area contributed by atoms with Crippen molar-refractivity contribution in [2.75, 3.05) is 26.4 Å². The van der Waals surface area contributed by atoms with E-state index >= 15 is 0 Å². The number of nitrogens with zero attached hydrogens (tertiary/aromatic N) is 29. The Kier molecular flexibility index (Phi) is 39.0. The number of aromatic amines is 1. The molecule has 38 heteroatoms. The lowest BCUT2D eigenvalue weighted by Crippen LogP contribution is -1.89. The number of tetrazole rings is 1. The highest BCUT2D eigenvalue weighted by atomic mass is 16.5. The standard InChI is InChI=1S/C9H9NO.C8H7NO.4C7H6N2O.4C5H6N2.C4H7NO.C4H5NO.2C3H5N3.C2H4N4/c1-6-4-3-5-8-9(6)11-7(2)10-8;1-6-9-7-4-2-3-5-8(7)10-6;1-5-9-6-4-8-3-2-7(6)10-5;1-5-9-6-2-3-8-4-7(6)10-5;1-5-9-7-6(10-5)3-2-4-8-7;1-5-9-6-3-2-4-8-7(6)10-5;1-5-4-6-2-3-7-5;1-5-2-3-6-4-7-5;1-5-6-3-2-4-7-5;1-5-3-2-4-6-7-5;2*1-4-5-2-3-6-4;1-3-4-2-5-6-3;1-3-2-4-6-5-3;1-2-3-5-6-4-2/h3-5H,1-2H3;2-5H,1H3;4*2-4H,1H3;4*2-4H,1H3;2-3H2,1H3;2-3H,1H3;2*2H2,1H3;1H3,(H,3,4,5,6). The fourth-order valence-corrected chi connectivity index (χ4v) is 8.74. The first-order valence-corrected chi connectivity index (χ1v) is 36.4. The number of fused-ring (bicyclic) bond motifs is 6. The highest BCUT2D eigenvalue weighted by molar-refractivity contribution is 5.84. The first-order valence-electron chi connectivity index (χ1n) is 36.4. The Hall–Kier alpha value is -15.5. The summed E-state index contributed by atoms with van der Waals surface area (Å²) in [5.74, 6) is 7.97. The molecule has 38 nitrogen and oxygen atoms in total. The average Bonchev–Trinajstić information content (AvgIpc) is 1.73. The van der Waals surface area contributed by atoms with Crippen LogP contribution in [0.15, 0.2) is 269 Å². The number of benzene rings is 2. The van der Waals surface area contributed by atoms with E-state index in [-0.39, 0.29) is 0 Å². The van der Waals surface area contributed by atoms with Crippen LogP contribution >= 0.6 is 0 Å². The summed E-state index contributed by atoms with van der Waals surface area (Å²) in [6.45, 7) is 32.6. The quantitative estimate of drug-likeness (QED) is 0.147. The van der Waals surface area contributed by atoms with E-state index in [1.807, 2.05) is 188 Å². The van der Waals surface area contributed by atoms with E-state index in [0.29, 0.717) is 54.0 Å². The van der Waals surface area contributed by atoms with Gasteiger partial charge in [0.2, 0.25) is 5.71 Å². The van der Waals surface area contributed by atoms with E-state index in [9.17, 15) is 0 Å². The van der Waals surface area contributed by atoms with Gasteiger partial charge in [0.15, 0.2) is 93.2 Å². The summed E-state index contributed by atoms with van der Waals surface area (Å²) in [5, 5.41) is 37.9. The number of H-pyrrole nitrogens is 1. The number of pyridine rings is 4. The maximum atomic E-state index is 5.39. The van der Waals surface area contributed by atoms with Gasteiger partial charge in [-0.25, -0.2) is 64.8 Å². The molecule has 0 fully saturated rings. The van der Waals surface area contributed by atoms with E-state index < -0.39 is 0 Å². The van der Waals surface area contributed by atoms with Crippen molar-refractivity contribution < 1.29 is 35.7 Å². The highest BCUT2D eigenvalue weighted by Crippen LogP contribution is 2.19. The molecule has 2 aromatic carbocycles. The summed E-state index contributed by atoms with van der Waals surface area (Å²) in [4.78, 5) is 75.0. The van der Waals surface area contributed by atoms with Gasteiger partial charge in [-0.3, -0.25) is 24.9 Å². The van der Waals surface area contributed by atoms with Crippen LogP contribution in [0.3, 0.4) is 0 Å². The molecule has 18 aromatic rings. The summed E-state index contributed by atoms with van der Waals surface area (Å²) < 4.78 is 41.0. The second kappa shape index (κ2) is 51.3. The molecule has 0 unspecified atom stereocenters. The summed E-state index contributed by atoms with van der Waals surface area (Å²) in [7, 11) is 0. The number of azo groups is 1. The third-order valence-corrected chi connectivity index (χ3v) is 14.0. The zero-order valence-corrected chi connectivity index (χ0v) is 68.6. The number of para-hydroxylation sites is 3. The maximum Gasteiger partial charge on any atom is 0.246 e. The Balaban J connectivity index is 0.000000177. The van der Waals surface area contributed by atoms with Gasteiger partial charge < -0.3 is 35.7 Å². The minimum Gasteiger partial charge on any atom is -0.479 e. The van der Waals surface area contributed by atoms with Gasteiger partial charge in [0.1, 0.15) is 65.0 Å². The number of nitrogens with one attached hydrogen (secondary N) is 1. The van der Waals surface area contributed by atoms with Crippen LogP contribution in [-0.2, 0) is 4.74 Å². The van der Waals surface area contributed by atoms with Crippen LogP contribution < -0.4 is 0 Å². The number of ether oxygens (including phenoxy) is 1. The minimum atomic E-state index is 0.534. The second-order valence-corrected chi connectivity index (χ2v) is 24.1. The van der Waals surface area contributed by atoms with Gasteiger partial charge in [0.05, 0.1) is 42.2 Å². The fraction of sp³-hybridized carbons (Fsp3) is 0.247. The molecule has 0 aliphatic carbocycles. The van der Waals surface area contributed by atoms with E-state index in [4.69, 9.17) is 35.7 Å². The molecule has 16 aromatic heterocycles. The summed E-state index contributed by atoms with van der Waals surface area (Å²) in [6, 6.07) is 32.1. The maximum absolute atomic E-state index is 5.39. The summed E-state index contributed by atoms with van der Waals surface area (Å²) in [5.41, 5.74) is 14.8. The van der Waals surface area contributed by atoms with Gasteiger partial charge in [0, 0.05) is 135 Å². The van der Waals surface area contributed by atoms with Gasteiger partial charge in [-0.1, -0.05) is 29.5 Å². The smallest absolute Gasteiger partial charge is 0.246 e. The molecule has 612 valence electrons. The summed E-state index contributed by atoms with van der Waals surface area (Å²) in [6.07, 6.45) is 26.7. The Labute approximate surface area is 683 Å². The zero-order valence-electron chi connectivity index (χ0n) is 68.6. The third-order valence-electron chi connectivity index (χ3n) is 14.0. The van der Waals surface area contributed by atoms with Crippen molar-refractivity contribution in [1.29, 1.82) is 0 Å². The molecule has 0 radical (unpaired) electrons. The van der Waals surface area contributed by atoms with Gasteiger partial charge in [-0.2, -0.15) is 30.6 Å². The van der Waals surface area contributed by atoms with Crippen LogP contribution in [0.2, 0.25) is 0 Å². The Morgan fingerprint density at radius 3 is 1.50 bits per heavy atom. The van der Waals surface area contributed by atoms with Gasteiger partial charge in [-0.15, -0.1) is 20.4 Å². The van der Waals surface area contributed by atoms with Crippen LogP contribution in [-0.4, -0.2) is 159 Å². The fourth-order valence-electron chi connectivity index (χ4n) is 8.74. The molecule has 1 N–H and O–H groups in total. The molecule has 19 heterocycles. The third kappa shape index (κ3) is 36.4. The van der Waals surface area contributed by atoms with Crippen LogP contribution in [0.25, 0.3) is 66.9 Å². The van der Waals surface area contributed by atoms with Crippen LogP contribution in [0.4, 0.5) is 0 Å². The Morgan fingerprint density at radius 2 is 1.02 bits per heavy atom. The predicted molar refractivity (Wildman–Crippen MR) is 445 cm³/mol. The highest BCUT2D eigenvalue weighted by Gasteiger charge is 2.05. The number of aryl methyl sites for hydroxylation is 13. The summed E-state index contributed by atoms with van der Waals surface area (Å²) >= 11 is 0. The first-order chi connectivity index (χ1) is 57.6. The molecule has 0 saturated carbocycles. The molecular formula is C81H90N30O8. The van der Waals surface area contributed by atoms with Crippen molar-refractivity contribution in [3.8, 4) is 0 Å². The second-order valence-electron chi connectivity index (χ2n) is 24.1. The van der Waals surface area contributed by atoms with Gasteiger partial charge in [0.25, 0.3) is 0 Å². The van der Waals surface area contributed by atoms with Crippen molar-refractivity contribution in [2.45, 2.75) is 111 Å². The van der Waals surface area contributed by atoms with Crippen molar-refractivity contribution in [3.05, 3.63) is 278 Å². The molecule has 0 spiro atoms. The van der Waals surface area contributed by atoms with E-state index in [1.165, 1.54) is 6.33 Å². The molecule has 3 aliphatic rings.